The lowest BCUT2D eigenvalue weighted by Crippen LogP contribution is -2.34. The number of urea groups is 1. The Bertz CT molecular complexity index is 388. The molecule has 1 aromatic rings. The van der Waals surface area contributed by atoms with Crippen LogP contribution in [0.25, 0.3) is 0 Å². The first-order chi connectivity index (χ1) is 8.97. The number of carbonyl (C=O) groups is 1. The van der Waals surface area contributed by atoms with Crippen molar-refractivity contribution in [2.75, 3.05) is 32.5 Å². The maximum absolute atomic E-state index is 11.6. The van der Waals surface area contributed by atoms with Crippen molar-refractivity contribution < 1.29 is 9.53 Å². The monoisotopic (exact) mass is 265 g/mol. The molecule has 1 aromatic carbocycles. The summed E-state index contributed by atoms with van der Waals surface area (Å²) in [6.45, 7) is 5.39. The molecule has 0 atom stereocenters. The van der Waals surface area contributed by atoms with Crippen LogP contribution >= 0.6 is 0 Å². The van der Waals surface area contributed by atoms with Crippen molar-refractivity contribution in [3.8, 4) is 5.75 Å². The molecule has 106 valence electrons. The van der Waals surface area contributed by atoms with Gasteiger partial charge in [-0.1, -0.05) is 0 Å². The molecular weight excluding hydrogens is 242 g/mol. The fourth-order valence-corrected chi connectivity index (χ4v) is 1.46. The lowest BCUT2D eigenvalue weighted by molar-refractivity contribution is 0.242. The van der Waals surface area contributed by atoms with Crippen molar-refractivity contribution in [3.63, 3.8) is 0 Å². The van der Waals surface area contributed by atoms with Gasteiger partial charge in [0.25, 0.3) is 0 Å². The third kappa shape index (κ3) is 6.67. The topological polar surface area (TPSA) is 53.6 Å². The number of rotatable bonds is 6. The maximum atomic E-state index is 11.6. The van der Waals surface area contributed by atoms with E-state index in [0.29, 0.717) is 6.54 Å². The van der Waals surface area contributed by atoms with Crippen LogP contribution in [0.1, 0.15) is 13.8 Å². The summed E-state index contributed by atoms with van der Waals surface area (Å²) in [7, 11) is 3.93. The Morgan fingerprint density at radius 1 is 1.26 bits per heavy atom. The summed E-state index contributed by atoms with van der Waals surface area (Å²) in [6.07, 6.45) is 0.146. The highest BCUT2D eigenvalue weighted by atomic mass is 16.5. The zero-order valence-corrected chi connectivity index (χ0v) is 12.1. The summed E-state index contributed by atoms with van der Waals surface area (Å²) >= 11 is 0. The van der Waals surface area contributed by atoms with Crippen LogP contribution in [0.5, 0.6) is 5.75 Å². The Kier molecular flexibility index (Phi) is 6.15. The number of amides is 2. The Morgan fingerprint density at radius 2 is 1.89 bits per heavy atom. The molecular formula is C14H23N3O2. The fraction of sp³-hybridized carbons (Fsp3) is 0.500. The first-order valence-electron chi connectivity index (χ1n) is 6.43. The maximum Gasteiger partial charge on any atom is 0.319 e. The van der Waals surface area contributed by atoms with Gasteiger partial charge in [-0.15, -0.1) is 0 Å². The van der Waals surface area contributed by atoms with Gasteiger partial charge in [0, 0.05) is 18.8 Å². The summed E-state index contributed by atoms with van der Waals surface area (Å²) < 4.78 is 5.53. The average Bonchev–Trinajstić information content (AvgIpc) is 2.30. The van der Waals surface area contributed by atoms with Gasteiger partial charge in [-0.05, 0) is 52.2 Å². The van der Waals surface area contributed by atoms with E-state index in [1.807, 2.05) is 57.1 Å². The minimum atomic E-state index is -0.195. The first-order valence-corrected chi connectivity index (χ1v) is 6.43. The SMILES string of the molecule is CC(C)Oc1ccc(NC(=O)NCCN(C)C)cc1. The lowest BCUT2D eigenvalue weighted by atomic mass is 10.3. The van der Waals surface area contributed by atoms with Gasteiger partial charge < -0.3 is 20.3 Å². The molecule has 0 saturated carbocycles. The van der Waals surface area contributed by atoms with E-state index in [1.165, 1.54) is 0 Å². The molecule has 19 heavy (non-hydrogen) atoms. The van der Waals surface area contributed by atoms with Crippen LogP contribution < -0.4 is 15.4 Å². The number of nitrogens with zero attached hydrogens (tertiary/aromatic N) is 1. The quantitative estimate of drug-likeness (QED) is 0.828. The minimum absolute atomic E-state index is 0.146. The van der Waals surface area contributed by atoms with Gasteiger partial charge in [-0.2, -0.15) is 0 Å². The summed E-state index contributed by atoms with van der Waals surface area (Å²) in [5.74, 6) is 0.800. The Labute approximate surface area is 114 Å². The third-order valence-electron chi connectivity index (χ3n) is 2.33. The number of hydrogen-bond donors (Lipinski definition) is 2. The molecule has 0 heterocycles. The van der Waals surface area contributed by atoms with Gasteiger partial charge in [0.05, 0.1) is 6.10 Å². The zero-order chi connectivity index (χ0) is 14.3. The van der Waals surface area contributed by atoms with Crippen LogP contribution in [0.15, 0.2) is 24.3 Å². The molecule has 2 amide bonds. The second-order valence-corrected chi connectivity index (χ2v) is 4.88. The van der Waals surface area contributed by atoms with E-state index in [0.717, 1.165) is 18.0 Å². The van der Waals surface area contributed by atoms with Gasteiger partial charge in [0.2, 0.25) is 0 Å². The Balaban J connectivity index is 2.38. The highest BCUT2D eigenvalue weighted by Crippen LogP contribution is 2.16. The minimum Gasteiger partial charge on any atom is -0.491 e. The Morgan fingerprint density at radius 3 is 2.42 bits per heavy atom. The van der Waals surface area contributed by atoms with Crippen molar-refractivity contribution in [1.29, 1.82) is 0 Å². The summed E-state index contributed by atoms with van der Waals surface area (Å²) in [5.41, 5.74) is 0.749. The lowest BCUT2D eigenvalue weighted by Gasteiger charge is -2.12. The highest BCUT2D eigenvalue weighted by molar-refractivity contribution is 5.89. The smallest absolute Gasteiger partial charge is 0.319 e. The van der Waals surface area contributed by atoms with Crippen LogP contribution in [0, 0.1) is 0 Å². The van der Waals surface area contributed by atoms with Crippen molar-refractivity contribution in [2.45, 2.75) is 20.0 Å². The molecule has 2 N–H and O–H groups in total. The molecule has 0 fully saturated rings. The molecule has 0 bridgehead atoms. The second-order valence-electron chi connectivity index (χ2n) is 4.88. The van der Waals surface area contributed by atoms with Gasteiger partial charge >= 0.3 is 6.03 Å². The van der Waals surface area contributed by atoms with Crippen LogP contribution in [-0.2, 0) is 0 Å². The second kappa shape index (κ2) is 7.63. The molecule has 0 saturated heterocycles. The number of carbonyl (C=O) groups excluding carboxylic acids is 1. The molecule has 5 heteroatoms. The fourth-order valence-electron chi connectivity index (χ4n) is 1.46. The van der Waals surface area contributed by atoms with Crippen molar-refractivity contribution in [1.82, 2.24) is 10.2 Å². The third-order valence-corrected chi connectivity index (χ3v) is 2.33. The van der Waals surface area contributed by atoms with Crippen LogP contribution in [0.4, 0.5) is 10.5 Å². The van der Waals surface area contributed by atoms with E-state index in [1.54, 1.807) is 0 Å². The standard InChI is InChI=1S/C14H23N3O2/c1-11(2)19-13-7-5-12(6-8-13)16-14(18)15-9-10-17(3)4/h5-8,11H,9-10H2,1-4H3,(H2,15,16,18). The summed E-state index contributed by atoms with van der Waals surface area (Å²) in [6, 6.07) is 7.14. The van der Waals surface area contributed by atoms with E-state index in [2.05, 4.69) is 10.6 Å². The van der Waals surface area contributed by atoms with Crippen LogP contribution in [-0.4, -0.2) is 44.2 Å². The van der Waals surface area contributed by atoms with Crippen LogP contribution in [0.2, 0.25) is 0 Å². The van der Waals surface area contributed by atoms with Gasteiger partial charge in [-0.25, -0.2) is 4.79 Å². The first kappa shape index (κ1) is 15.3. The molecule has 0 aliphatic carbocycles. The predicted octanol–water partition coefficient (Wildman–Crippen LogP) is 2.16. The molecule has 0 aliphatic rings. The molecule has 0 aliphatic heterocycles. The Hall–Kier alpha value is -1.75. The summed E-state index contributed by atoms with van der Waals surface area (Å²) in [4.78, 5) is 13.6. The molecule has 0 radical (unpaired) electrons. The van der Waals surface area contributed by atoms with Gasteiger partial charge in [-0.3, -0.25) is 0 Å². The van der Waals surface area contributed by atoms with E-state index >= 15 is 0 Å². The highest BCUT2D eigenvalue weighted by Gasteiger charge is 2.02. The van der Waals surface area contributed by atoms with Gasteiger partial charge in [0.15, 0.2) is 0 Å². The van der Waals surface area contributed by atoms with E-state index < -0.39 is 0 Å². The van der Waals surface area contributed by atoms with Crippen molar-refractivity contribution >= 4 is 11.7 Å². The van der Waals surface area contributed by atoms with Gasteiger partial charge in [0.1, 0.15) is 5.75 Å². The van der Waals surface area contributed by atoms with Crippen molar-refractivity contribution in [3.05, 3.63) is 24.3 Å². The normalized spacial score (nSPS) is 10.6. The number of anilines is 1. The van der Waals surface area contributed by atoms with E-state index in [4.69, 9.17) is 4.74 Å². The number of likely N-dealkylation sites (N-methyl/N-ethyl adjacent to an activating group) is 1. The zero-order valence-electron chi connectivity index (χ0n) is 12.1. The number of ether oxygens (including phenoxy) is 1. The summed E-state index contributed by atoms with van der Waals surface area (Å²) in [5, 5.41) is 5.56. The number of hydrogen-bond acceptors (Lipinski definition) is 3. The van der Waals surface area contributed by atoms with Crippen LogP contribution in [0.3, 0.4) is 0 Å². The molecule has 1 rings (SSSR count). The van der Waals surface area contributed by atoms with E-state index in [-0.39, 0.29) is 12.1 Å². The molecule has 0 aromatic heterocycles. The largest absolute Gasteiger partial charge is 0.491 e. The predicted molar refractivity (Wildman–Crippen MR) is 77.8 cm³/mol. The van der Waals surface area contributed by atoms with E-state index in [9.17, 15) is 4.79 Å². The molecule has 0 unspecified atom stereocenters. The molecule has 5 nitrogen and oxygen atoms in total. The number of nitrogens with one attached hydrogen (secondary N) is 2. The van der Waals surface area contributed by atoms with Crippen molar-refractivity contribution in [2.24, 2.45) is 0 Å². The number of benzene rings is 1. The average molecular weight is 265 g/mol. The molecule has 0 spiro atoms.